The Bertz CT molecular complexity index is 4430. The SMILES string of the molecule is c1ccc([Si](c2ccccc2)(c2ccc3c(c2)-n2c4ccc(-n5c6ccccc6c6ccccc65)cc4c4cccc(c42)C32c3ccccc3Sc3ccccc32)c2cccc3c2oc2ccccc23)cc1. The Hall–Kier alpha value is -8.61. The van der Waals surface area contributed by atoms with Gasteiger partial charge in [-0.25, -0.2) is 0 Å². The average molecular weight is 951 g/mol. The Kier molecular flexibility index (Phi) is 8.34. The van der Waals surface area contributed by atoms with Gasteiger partial charge in [-0.1, -0.05) is 212 Å². The van der Waals surface area contributed by atoms with E-state index in [-0.39, 0.29) is 0 Å². The number of rotatable bonds is 5. The number of benzene rings is 11. The molecular formula is C67H42N2OSSi. The van der Waals surface area contributed by atoms with E-state index in [0.717, 1.165) is 27.6 Å². The quantitative estimate of drug-likeness (QED) is 0.127. The lowest BCUT2D eigenvalue weighted by atomic mass is 9.63. The van der Waals surface area contributed by atoms with Gasteiger partial charge < -0.3 is 13.6 Å². The molecule has 0 radical (unpaired) electrons. The van der Waals surface area contributed by atoms with Gasteiger partial charge in [-0.05, 0) is 97.6 Å². The lowest BCUT2D eigenvalue weighted by Crippen LogP contribution is -2.75. The fraction of sp³-hybridized carbons (Fsp3) is 0.0149. The minimum absolute atomic E-state index is 0.617. The lowest BCUT2D eigenvalue weighted by Gasteiger charge is -2.46. The van der Waals surface area contributed by atoms with Crippen molar-refractivity contribution >= 4 is 106 Å². The highest BCUT2D eigenvalue weighted by Crippen LogP contribution is 2.60. The van der Waals surface area contributed by atoms with E-state index >= 15 is 0 Å². The molecule has 0 unspecified atom stereocenters. The van der Waals surface area contributed by atoms with Gasteiger partial charge in [0.25, 0.3) is 0 Å². The van der Waals surface area contributed by atoms with Crippen LogP contribution >= 0.6 is 11.8 Å². The number of fused-ring (bicyclic) bond motifs is 17. The third-order valence-electron chi connectivity index (χ3n) is 16.1. The largest absolute Gasteiger partial charge is 0.456 e. The molecule has 0 amide bonds. The third kappa shape index (κ3) is 5.15. The number of hydrogen-bond acceptors (Lipinski definition) is 2. The summed E-state index contributed by atoms with van der Waals surface area (Å²) in [5.74, 6) is 0. The summed E-state index contributed by atoms with van der Waals surface area (Å²) in [5, 5.41) is 12.4. The van der Waals surface area contributed by atoms with E-state index in [2.05, 4.69) is 264 Å². The molecule has 3 aromatic heterocycles. The molecule has 336 valence electrons. The van der Waals surface area contributed by atoms with Crippen LogP contribution in [-0.2, 0) is 5.41 Å². The highest BCUT2D eigenvalue weighted by atomic mass is 32.2. The van der Waals surface area contributed by atoms with Crippen LogP contribution < -0.4 is 20.7 Å². The van der Waals surface area contributed by atoms with Gasteiger partial charge in [0.15, 0.2) is 8.07 Å². The van der Waals surface area contributed by atoms with Gasteiger partial charge in [-0.15, -0.1) is 0 Å². The number of hydrogen-bond donors (Lipinski definition) is 0. The average Bonchev–Trinajstić information content (AvgIpc) is 4.12. The topological polar surface area (TPSA) is 23.0 Å². The van der Waals surface area contributed by atoms with Crippen LogP contribution in [0.15, 0.2) is 269 Å². The van der Waals surface area contributed by atoms with Gasteiger partial charge >= 0.3 is 0 Å². The van der Waals surface area contributed by atoms with Gasteiger partial charge in [0, 0.05) is 47.8 Å². The molecule has 0 atom stereocenters. The minimum atomic E-state index is -3.22. The molecule has 1 spiro atoms. The van der Waals surface area contributed by atoms with E-state index in [1.165, 1.54) is 102 Å². The molecule has 0 saturated heterocycles. The normalized spacial score (nSPS) is 13.6. The van der Waals surface area contributed by atoms with Crippen molar-refractivity contribution in [1.29, 1.82) is 0 Å². The molecule has 11 aromatic carbocycles. The fourth-order valence-electron chi connectivity index (χ4n) is 13.3. The molecule has 0 N–H and O–H groups in total. The van der Waals surface area contributed by atoms with Gasteiger partial charge in [-0.3, -0.25) is 0 Å². The second kappa shape index (κ2) is 15.0. The molecule has 5 heterocycles. The maximum absolute atomic E-state index is 7.09. The number of aromatic nitrogens is 2. The maximum atomic E-state index is 7.09. The van der Waals surface area contributed by atoms with Crippen LogP contribution in [0.5, 0.6) is 0 Å². The molecule has 0 fully saturated rings. The molecule has 0 aliphatic carbocycles. The first-order valence-electron chi connectivity index (χ1n) is 24.8. The summed E-state index contributed by atoms with van der Waals surface area (Å²) in [6.45, 7) is 0. The van der Waals surface area contributed by atoms with Crippen LogP contribution in [0.25, 0.3) is 76.9 Å². The van der Waals surface area contributed by atoms with Gasteiger partial charge in [0.05, 0.1) is 33.2 Å². The number of para-hydroxylation sites is 5. The van der Waals surface area contributed by atoms with Crippen molar-refractivity contribution in [3.05, 3.63) is 277 Å². The third-order valence-corrected chi connectivity index (χ3v) is 22.0. The summed E-state index contributed by atoms with van der Waals surface area (Å²) >= 11 is 1.89. The predicted octanol–water partition coefficient (Wildman–Crippen LogP) is 14.3. The maximum Gasteiger partial charge on any atom is 0.184 e. The lowest BCUT2D eigenvalue weighted by molar-refractivity contribution is 0.671. The summed E-state index contributed by atoms with van der Waals surface area (Å²) in [6.07, 6.45) is 0. The molecule has 0 bridgehead atoms. The Labute approximate surface area is 420 Å². The van der Waals surface area contributed by atoms with Gasteiger partial charge in [0.2, 0.25) is 0 Å². The first kappa shape index (κ1) is 40.2. The van der Waals surface area contributed by atoms with Crippen LogP contribution in [0.2, 0.25) is 0 Å². The van der Waals surface area contributed by atoms with Crippen LogP contribution in [0.1, 0.15) is 22.3 Å². The second-order valence-corrected chi connectivity index (χ2v) is 24.3. The summed E-state index contributed by atoms with van der Waals surface area (Å²) in [4.78, 5) is 2.57. The Morgan fingerprint density at radius 1 is 0.361 bits per heavy atom. The predicted molar refractivity (Wildman–Crippen MR) is 302 cm³/mol. The molecule has 2 aliphatic heterocycles. The zero-order valence-electron chi connectivity index (χ0n) is 39.0. The summed E-state index contributed by atoms with van der Waals surface area (Å²) in [7, 11) is -3.22. The summed E-state index contributed by atoms with van der Waals surface area (Å²) < 4.78 is 12.2. The van der Waals surface area contributed by atoms with E-state index < -0.39 is 13.5 Å². The van der Waals surface area contributed by atoms with Gasteiger partial charge in [-0.2, -0.15) is 0 Å². The van der Waals surface area contributed by atoms with E-state index in [1.807, 2.05) is 11.8 Å². The van der Waals surface area contributed by atoms with Crippen LogP contribution in [0.4, 0.5) is 0 Å². The van der Waals surface area contributed by atoms with Crippen molar-refractivity contribution in [2.24, 2.45) is 0 Å². The molecule has 5 heteroatoms. The smallest absolute Gasteiger partial charge is 0.184 e. The Balaban J connectivity index is 1.07. The van der Waals surface area contributed by atoms with E-state index in [4.69, 9.17) is 4.42 Å². The molecule has 0 saturated carbocycles. The van der Waals surface area contributed by atoms with Crippen molar-refractivity contribution in [3.63, 3.8) is 0 Å². The van der Waals surface area contributed by atoms with Crippen molar-refractivity contribution in [2.75, 3.05) is 0 Å². The van der Waals surface area contributed by atoms with Crippen molar-refractivity contribution in [2.45, 2.75) is 15.2 Å². The van der Waals surface area contributed by atoms with Crippen molar-refractivity contribution in [3.8, 4) is 11.4 Å². The molecule has 14 aromatic rings. The van der Waals surface area contributed by atoms with Crippen molar-refractivity contribution in [1.82, 2.24) is 9.13 Å². The summed E-state index contributed by atoms with van der Waals surface area (Å²) in [6, 6.07) is 95.8. The zero-order chi connectivity index (χ0) is 47.1. The van der Waals surface area contributed by atoms with E-state index in [1.54, 1.807) is 0 Å². The summed E-state index contributed by atoms with van der Waals surface area (Å²) in [5.41, 5.74) is 13.7. The minimum Gasteiger partial charge on any atom is -0.456 e. The van der Waals surface area contributed by atoms with Gasteiger partial charge in [0.1, 0.15) is 11.2 Å². The van der Waals surface area contributed by atoms with Crippen LogP contribution in [-0.4, -0.2) is 17.2 Å². The van der Waals surface area contributed by atoms with Crippen LogP contribution in [0.3, 0.4) is 0 Å². The zero-order valence-corrected chi connectivity index (χ0v) is 40.8. The second-order valence-electron chi connectivity index (χ2n) is 19.4. The monoisotopic (exact) mass is 950 g/mol. The molecule has 16 rings (SSSR count). The van der Waals surface area contributed by atoms with Crippen molar-refractivity contribution < 1.29 is 4.42 Å². The van der Waals surface area contributed by atoms with E-state index in [9.17, 15) is 0 Å². The molecular weight excluding hydrogens is 909 g/mol. The molecule has 2 aliphatic rings. The standard InChI is InChI=1S/C67H42N2OSSi/c1-3-19-44(20-4-1)72(45-21-5-2-6-22-45,64-36-18-27-51-49-25-9-14-33-61(49)70-66(51)64)46-38-39-53-60(42-46)69-59-40-37-43(68-57-31-12-7-23-47(57)48-24-8-13-32-58(48)68)41-52(59)50-26-17-30-56(65(50)69)67(53)54-28-10-15-34-62(54)71-63-35-16-11-29-55(63)67/h1-42H. The Morgan fingerprint density at radius 2 is 0.917 bits per heavy atom. The molecule has 72 heavy (non-hydrogen) atoms. The molecule has 3 nitrogen and oxygen atoms in total. The fourth-order valence-corrected chi connectivity index (χ4v) is 19.4. The highest BCUT2D eigenvalue weighted by Gasteiger charge is 2.51. The first-order chi connectivity index (χ1) is 35.7. The number of furan rings is 1. The Morgan fingerprint density at radius 3 is 1.62 bits per heavy atom. The highest BCUT2D eigenvalue weighted by molar-refractivity contribution is 7.99. The first-order valence-corrected chi connectivity index (χ1v) is 27.6. The number of nitrogens with zero attached hydrogens (tertiary/aromatic N) is 2. The van der Waals surface area contributed by atoms with E-state index in [0.29, 0.717) is 0 Å². The van der Waals surface area contributed by atoms with Crippen LogP contribution in [0, 0.1) is 0 Å².